The number of aliphatic carboxylic acids is 1. The van der Waals surface area contributed by atoms with E-state index < -0.39 is 66.0 Å². The molecule has 0 aliphatic rings. The van der Waals surface area contributed by atoms with Gasteiger partial charge in [0.1, 0.15) is 29.8 Å². The molecule has 0 radical (unpaired) electrons. The number of carbonyl (C=O) groups excluding carboxylic acids is 5. The van der Waals surface area contributed by atoms with Gasteiger partial charge in [-0.1, -0.05) is 75.7 Å². The Labute approximate surface area is 325 Å². The Morgan fingerprint density at radius 3 is 2.09 bits per heavy atom. The first kappa shape index (κ1) is 48.3. The minimum Gasteiger partial charge on any atom is -0.481 e. The van der Waals surface area contributed by atoms with E-state index in [0.717, 1.165) is 52.1 Å². The Bertz CT molecular complexity index is 1470. The second-order valence-electron chi connectivity index (χ2n) is 14.4. The number of nitrogens with one attached hydrogen (secondary N) is 1. The number of unbranched alkanes of at least 4 members (excludes halogenated alkanes) is 8. The van der Waals surface area contributed by atoms with E-state index in [1.54, 1.807) is 37.3 Å². The third-order valence-electron chi connectivity index (χ3n) is 8.45. The summed E-state index contributed by atoms with van der Waals surface area (Å²) in [4.78, 5) is 76.7. The average Bonchev–Trinajstić information content (AvgIpc) is 3.12. The van der Waals surface area contributed by atoms with Crippen LogP contribution < -0.4 is 10.1 Å². The van der Waals surface area contributed by atoms with Crippen LogP contribution in [0.3, 0.4) is 0 Å². The summed E-state index contributed by atoms with van der Waals surface area (Å²) in [5.41, 5.74) is -3.48. The quantitative estimate of drug-likeness (QED) is 0.0320. The molecule has 1 aromatic rings. The van der Waals surface area contributed by atoms with Crippen molar-refractivity contribution in [2.24, 2.45) is 5.92 Å². The van der Waals surface area contributed by atoms with E-state index in [2.05, 4.69) is 28.8 Å². The van der Waals surface area contributed by atoms with Crippen molar-refractivity contribution in [3.63, 3.8) is 0 Å². The lowest BCUT2D eigenvalue weighted by Crippen LogP contribution is -2.57. The predicted molar refractivity (Wildman–Crippen MR) is 206 cm³/mol. The number of hydrogen-bond donors (Lipinski definition) is 3. The number of esters is 3. The largest absolute Gasteiger partial charge is 0.481 e. The second kappa shape index (κ2) is 26.2. The number of methoxy groups -OCH3 is 1. The molecule has 0 saturated carbocycles. The number of allylic oxidation sites excluding steroid dienone is 1. The molecule has 1 amide bonds. The fourth-order valence-corrected chi connectivity index (χ4v) is 5.48. The van der Waals surface area contributed by atoms with Crippen molar-refractivity contribution >= 4 is 35.6 Å². The zero-order valence-corrected chi connectivity index (χ0v) is 33.4. The van der Waals surface area contributed by atoms with Crippen LogP contribution in [0.1, 0.15) is 124 Å². The number of carbonyl (C=O) groups is 6. The summed E-state index contributed by atoms with van der Waals surface area (Å²) in [6, 6.07) is 5.12. The molecule has 0 spiro atoms. The lowest BCUT2D eigenvalue weighted by atomic mass is 9.82. The smallest absolute Gasteiger partial charge is 0.344 e. The van der Waals surface area contributed by atoms with Crippen LogP contribution >= 0.6 is 0 Å². The Morgan fingerprint density at radius 1 is 0.909 bits per heavy atom. The molecule has 1 aromatic carbocycles. The average molecular weight is 772 g/mol. The van der Waals surface area contributed by atoms with E-state index in [4.69, 9.17) is 14.2 Å². The minimum absolute atomic E-state index is 0.150. The van der Waals surface area contributed by atoms with Gasteiger partial charge in [0.15, 0.2) is 12.2 Å². The van der Waals surface area contributed by atoms with Crippen LogP contribution in [0.2, 0.25) is 0 Å². The van der Waals surface area contributed by atoms with Crippen molar-refractivity contribution < 1.29 is 57.9 Å². The summed E-state index contributed by atoms with van der Waals surface area (Å²) < 4.78 is 20.6. The Kier molecular flexibility index (Phi) is 23.0. The summed E-state index contributed by atoms with van der Waals surface area (Å²) in [5, 5.41) is 24.0. The molecule has 0 bridgehead atoms. The SMILES string of the molecule is CC#CCOc1ccc(C[C@H](NC(=O)[C@@H](/C=C/CCCCCCC(=O)CCCCCCC)[C@](O)(CC(=O)O)C(=O)OC(C)(C)C)C(=O)OCC(=O)OC)cc1. The third-order valence-corrected chi connectivity index (χ3v) is 8.45. The predicted octanol–water partition coefficient (Wildman–Crippen LogP) is 5.82. The molecule has 0 saturated heterocycles. The van der Waals surface area contributed by atoms with E-state index in [-0.39, 0.29) is 18.8 Å². The van der Waals surface area contributed by atoms with Crippen molar-refractivity contribution in [1.82, 2.24) is 5.32 Å². The number of hydrogen-bond acceptors (Lipinski definition) is 11. The van der Waals surface area contributed by atoms with Crippen molar-refractivity contribution in [1.29, 1.82) is 0 Å². The van der Waals surface area contributed by atoms with Gasteiger partial charge in [0, 0.05) is 19.3 Å². The van der Waals surface area contributed by atoms with Crippen molar-refractivity contribution in [3.05, 3.63) is 42.0 Å². The summed E-state index contributed by atoms with van der Waals surface area (Å²) in [6.45, 7) is 7.83. The summed E-state index contributed by atoms with van der Waals surface area (Å²) >= 11 is 0. The highest BCUT2D eigenvalue weighted by atomic mass is 16.6. The van der Waals surface area contributed by atoms with Crippen LogP contribution in [-0.4, -0.2) is 83.3 Å². The zero-order chi connectivity index (χ0) is 41.3. The van der Waals surface area contributed by atoms with Gasteiger partial charge in [0.05, 0.1) is 19.4 Å². The van der Waals surface area contributed by atoms with Gasteiger partial charge >= 0.3 is 23.9 Å². The molecule has 0 unspecified atom stereocenters. The van der Waals surface area contributed by atoms with E-state index in [9.17, 15) is 39.0 Å². The molecule has 13 nitrogen and oxygen atoms in total. The van der Waals surface area contributed by atoms with Crippen LogP contribution in [0.15, 0.2) is 36.4 Å². The molecule has 13 heteroatoms. The number of Topliss-reactive ketones (excluding diaryl/α,β-unsaturated/α-hetero) is 1. The van der Waals surface area contributed by atoms with Crippen LogP contribution in [-0.2, 0) is 49.4 Å². The molecule has 0 aromatic heterocycles. The topological polar surface area (TPSA) is 192 Å². The van der Waals surface area contributed by atoms with Crippen LogP contribution in [0.5, 0.6) is 5.75 Å². The van der Waals surface area contributed by atoms with Gasteiger partial charge < -0.3 is 34.5 Å². The third kappa shape index (κ3) is 20.5. The normalized spacial score (nSPS) is 13.4. The van der Waals surface area contributed by atoms with Crippen molar-refractivity contribution in [2.75, 3.05) is 20.3 Å². The standard InChI is InChI=1S/C42H61NO12/c1-7-9-11-14-17-20-32(44)21-18-15-12-13-16-19-22-34(42(51,29-36(45)46)40(50)55-41(3,4)5)38(48)43-35(39(49)54-30-37(47)52-6)28-31-23-25-33(26-24-31)53-27-10-8-2/h19,22-26,34-35,51H,7,9,11-18,20-21,27-30H2,1-6H3,(H,43,48)(H,45,46)/b22-19+/t34-,35+,42-/m1/s1. The Hall–Kier alpha value is -4.70. The first-order chi connectivity index (χ1) is 26.1. The molecular weight excluding hydrogens is 710 g/mol. The highest BCUT2D eigenvalue weighted by Gasteiger charge is 2.51. The molecule has 0 heterocycles. The molecule has 55 heavy (non-hydrogen) atoms. The number of benzene rings is 1. The summed E-state index contributed by atoms with van der Waals surface area (Å²) in [5.74, 6) is -1.38. The molecule has 306 valence electrons. The molecule has 0 aliphatic carbocycles. The number of carboxylic acids is 1. The van der Waals surface area contributed by atoms with Crippen LogP contribution in [0.4, 0.5) is 0 Å². The number of amides is 1. The van der Waals surface area contributed by atoms with Gasteiger partial charge in [-0.3, -0.25) is 14.4 Å². The number of ether oxygens (including phenoxy) is 4. The maximum Gasteiger partial charge on any atom is 0.344 e. The molecule has 0 fully saturated rings. The zero-order valence-electron chi connectivity index (χ0n) is 33.4. The van der Waals surface area contributed by atoms with Crippen LogP contribution in [0.25, 0.3) is 0 Å². The Morgan fingerprint density at radius 2 is 1.53 bits per heavy atom. The van der Waals surface area contributed by atoms with Crippen molar-refractivity contribution in [2.45, 2.75) is 142 Å². The summed E-state index contributed by atoms with van der Waals surface area (Å²) in [7, 11) is 1.11. The van der Waals surface area contributed by atoms with Crippen molar-refractivity contribution in [3.8, 4) is 17.6 Å². The van der Waals surface area contributed by atoms with E-state index in [1.807, 2.05) is 0 Å². The fourth-order valence-electron chi connectivity index (χ4n) is 5.48. The number of carboxylic acid groups (broad SMARTS) is 1. The molecule has 0 aliphatic heterocycles. The van der Waals surface area contributed by atoms with Crippen LogP contribution in [0, 0.1) is 17.8 Å². The maximum atomic E-state index is 14.1. The highest BCUT2D eigenvalue weighted by molar-refractivity contribution is 5.95. The van der Waals surface area contributed by atoms with E-state index in [1.165, 1.54) is 33.3 Å². The Balaban J connectivity index is 3.25. The van der Waals surface area contributed by atoms with Gasteiger partial charge in [0.2, 0.25) is 5.91 Å². The molecular formula is C42H61NO12. The minimum atomic E-state index is -2.88. The number of aliphatic hydroxyl groups is 1. The lowest BCUT2D eigenvalue weighted by molar-refractivity contribution is -0.187. The fraction of sp³-hybridized carbons (Fsp3) is 0.619. The second-order valence-corrected chi connectivity index (χ2v) is 14.4. The lowest BCUT2D eigenvalue weighted by Gasteiger charge is -2.34. The van der Waals surface area contributed by atoms with E-state index >= 15 is 0 Å². The van der Waals surface area contributed by atoms with Gasteiger partial charge in [-0.15, -0.1) is 5.92 Å². The van der Waals surface area contributed by atoms with Gasteiger partial charge in [-0.05, 0) is 71.1 Å². The number of rotatable bonds is 27. The first-order valence-electron chi connectivity index (χ1n) is 19.1. The van der Waals surface area contributed by atoms with Gasteiger partial charge in [0.25, 0.3) is 0 Å². The van der Waals surface area contributed by atoms with Gasteiger partial charge in [-0.2, -0.15) is 0 Å². The number of ketones is 1. The maximum absolute atomic E-state index is 14.1. The molecule has 3 N–H and O–H groups in total. The monoisotopic (exact) mass is 771 g/mol. The van der Waals surface area contributed by atoms with Gasteiger partial charge in [-0.25, -0.2) is 14.4 Å². The molecule has 1 rings (SSSR count). The summed E-state index contributed by atoms with van der Waals surface area (Å²) in [6.07, 6.45) is 11.5. The highest BCUT2D eigenvalue weighted by Crippen LogP contribution is 2.29. The molecule has 3 atom stereocenters. The first-order valence-corrected chi connectivity index (χ1v) is 19.1. The van der Waals surface area contributed by atoms with E-state index in [0.29, 0.717) is 37.0 Å².